The molecule has 0 amide bonds. The van der Waals surface area contributed by atoms with Crippen molar-refractivity contribution in [3.05, 3.63) is 65.1 Å². The van der Waals surface area contributed by atoms with Crippen molar-refractivity contribution in [2.24, 2.45) is 0 Å². The first kappa shape index (κ1) is 16.1. The van der Waals surface area contributed by atoms with Crippen LogP contribution < -0.4 is 0 Å². The van der Waals surface area contributed by atoms with Gasteiger partial charge in [-0.1, -0.05) is 36.4 Å². The zero-order valence-electron chi connectivity index (χ0n) is 12.0. The summed E-state index contributed by atoms with van der Waals surface area (Å²) in [5.41, 5.74) is 1.63. The number of phenols is 2. The Kier molecular flexibility index (Phi) is 5.22. The summed E-state index contributed by atoms with van der Waals surface area (Å²) in [7, 11) is -3.30. The molecule has 4 nitrogen and oxygen atoms in total. The van der Waals surface area contributed by atoms with E-state index in [0.717, 1.165) is 11.0 Å². The van der Waals surface area contributed by atoms with Crippen molar-refractivity contribution in [3.8, 4) is 11.5 Å². The van der Waals surface area contributed by atoms with Crippen LogP contribution in [0.15, 0.2) is 53.9 Å². The molecule has 0 unspecified atom stereocenters. The SMILES string of the molecule is O=S(=O)(/C=C/c1ccc(O)c(O)c1)CCCc1ccccc1. The van der Waals surface area contributed by atoms with Crippen LogP contribution in [0.4, 0.5) is 0 Å². The molecule has 0 saturated carbocycles. The van der Waals surface area contributed by atoms with E-state index in [9.17, 15) is 18.6 Å². The van der Waals surface area contributed by atoms with E-state index in [0.29, 0.717) is 18.4 Å². The molecule has 0 aliphatic rings. The summed E-state index contributed by atoms with van der Waals surface area (Å²) in [6, 6.07) is 13.9. The van der Waals surface area contributed by atoms with Crippen molar-refractivity contribution in [3.63, 3.8) is 0 Å². The third-order valence-corrected chi connectivity index (χ3v) is 4.61. The minimum Gasteiger partial charge on any atom is -0.504 e. The number of sulfone groups is 1. The molecule has 0 atom stereocenters. The summed E-state index contributed by atoms with van der Waals surface area (Å²) >= 11 is 0. The molecule has 0 aromatic heterocycles. The smallest absolute Gasteiger partial charge is 0.171 e. The van der Waals surface area contributed by atoms with Gasteiger partial charge in [0.2, 0.25) is 0 Å². The molecule has 2 aromatic carbocycles. The average Bonchev–Trinajstić information content (AvgIpc) is 2.49. The van der Waals surface area contributed by atoms with Crippen LogP contribution in [-0.4, -0.2) is 24.4 Å². The predicted octanol–water partition coefficient (Wildman–Crippen LogP) is 3.12. The molecular formula is C17H18O4S. The fourth-order valence-corrected chi connectivity index (χ4v) is 3.06. The highest BCUT2D eigenvalue weighted by Crippen LogP contribution is 2.25. The molecule has 0 spiro atoms. The Morgan fingerprint density at radius 1 is 0.955 bits per heavy atom. The van der Waals surface area contributed by atoms with Crippen molar-refractivity contribution < 1.29 is 18.6 Å². The van der Waals surface area contributed by atoms with Gasteiger partial charge < -0.3 is 10.2 Å². The van der Waals surface area contributed by atoms with Gasteiger partial charge >= 0.3 is 0 Å². The van der Waals surface area contributed by atoms with E-state index < -0.39 is 9.84 Å². The minimum atomic E-state index is -3.30. The van der Waals surface area contributed by atoms with Crippen LogP contribution >= 0.6 is 0 Å². The van der Waals surface area contributed by atoms with Crippen LogP contribution in [0, 0.1) is 0 Å². The maximum Gasteiger partial charge on any atom is 0.171 e. The predicted molar refractivity (Wildman–Crippen MR) is 87.4 cm³/mol. The molecule has 0 aliphatic heterocycles. The first-order valence-electron chi connectivity index (χ1n) is 6.93. The second-order valence-corrected chi connectivity index (χ2v) is 7.01. The highest BCUT2D eigenvalue weighted by Gasteiger charge is 2.06. The van der Waals surface area contributed by atoms with E-state index in [-0.39, 0.29) is 17.3 Å². The monoisotopic (exact) mass is 318 g/mol. The molecule has 0 bridgehead atoms. The lowest BCUT2D eigenvalue weighted by Gasteiger charge is -2.01. The molecule has 2 aromatic rings. The van der Waals surface area contributed by atoms with E-state index in [1.54, 1.807) is 0 Å². The van der Waals surface area contributed by atoms with E-state index in [1.165, 1.54) is 24.3 Å². The van der Waals surface area contributed by atoms with Crippen LogP contribution in [0.1, 0.15) is 17.5 Å². The molecule has 5 heteroatoms. The Morgan fingerprint density at radius 3 is 2.36 bits per heavy atom. The molecule has 22 heavy (non-hydrogen) atoms. The van der Waals surface area contributed by atoms with Gasteiger partial charge in [-0.15, -0.1) is 0 Å². The van der Waals surface area contributed by atoms with Gasteiger partial charge in [-0.25, -0.2) is 8.42 Å². The Balaban J connectivity index is 1.92. The maximum atomic E-state index is 11.9. The number of aryl methyl sites for hydroxylation is 1. The summed E-state index contributed by atoms with van der Waals surface area (Å²) in [5.74, 6) is -0.436. The molecule has 2 N–H and O–H groups in total. The summed E-state index contributed by atoms with van der Waals surface area (Å²) in [4.78, 5) is 0. The fraction of sp³-hybridized carbons (Fsp3) is 0.176. The summed E-state index contributed by atoms with van der Waals surface area (Å²) in [6.07, 6.45) is 2.68. The Bertz CT molecular complexity index is 749. The van der Waals surface area contributed by atoms with Crippen molar-refractivity contribution in [2.45, 2.75) is 12.8 Å². The zero-order chi connectivity index (χ0) is 16.0. The van der Waals surface area contributed by atoms with Crippen molar-refractivity contribution >= 4 is 15.9 Å². The van der Waals surface area contributed by atoms with Crippen molar-refractivity contribution in [2.75, 3.05) is 5.75 Å². The summed E-state index contributed by atoms with van der Waals surface area (Å²) < 4.78 is 23.9. The number of hydrogen-bond donors (Lipinski definition) is 2. The van der Waals surface area contributed by atoms with E-state index in [1.807, 2.05) is 30.3 Å². The molecule has 116 valence electrons. The molecule has 0 heterocycles. The van der Waals surface area contributed by atoms with Gasteiger partial charge in [-0.3, -0.25) is 0 Å². The molecule has 0 radical (unpaired) electrons. The standard InChI is InChI=1S/C17H18O4S/c18-16-9-8-15(13-17(16)19)10-12-22(20,21)11-4-7-14-5-2-1-3-6-14/h1-3,5-6,8-10,12-13,18-19H,4,7,11H2/b12-10+. The Labute approximate surface area is 130 Å². The summed E-state index contributed by atoms with van der Waals surface area (Å²) in [6.45, 7) is 0. The topological polar surface area (TPSA) is 74.6 Å². The third-order valence-electron chi connectivity index (χ3n) is 3.20. The minimum absolute atomic E-state index is 0.0719. The first-order chi connectivity index (χ1) is 10.5. The highest BCUT2D eigenvalue weighted by atomic mass is 32.2. The maximum absolute atomic E-state index is 11.9. The fourth-order valence-electron chi connectivity index (χ4n) is 2.02. The molecule has 0 fully saturated rings. The van der Waals surface area contributed by atoms with Gasteiger partial charge in [0.1, 0.15) is 0 Å². The van der Waals surface area contributed by atoms with Crippen LogP contribution in [-0.2, 0) is 16.3 Å². The third kappa shape index (κ3) is 4.93. The Morgan fingerprint density at radius 2 is 1.68 bits per heavy atom. The highest BCUT2D eigenvalue weighted by molar-refractivity contribution is 7.94. The van der Waals surface area contributed by atoms with Gasteiger partial charge in [0.05, 0.1) is 5.75 Å². The van der Waals surface area contributed by atoms with Gasteiger partial charge in [0.15, 0.2) is 21.3 Å². The quantitative estimate of drug-likeness (QED) is 0.803. The van der Waals surface area contributed by atoms with Crippen LogP contribution in [0.5, 0.6) is 11.5 Å². The normalized spacial score (nSPS) is 11.8. The number of aromatic hydroxyl groups is 2. The van der Waals surface area contributed by atoms with E-state index in [4.69, 9.17) is 0 Å². The molecular weight excluding hydrogens is 300 g/mol. The van der Waals surface area contributed by atoms with Crippen LogP contribution in [0.2, 0.25) is 0 Å². The van der Waals surface area contributed by atoms with E-state index >= 15 is 0 Å². The Hall–Kier alpha value is -2.27. The van der Waals surface area contributed by atoms with Gasteiger partial charge in [0, 0.05) is 5.41 Å². The number of phenolic OH excluding ortho intramolecular Hbond substituents is 2. The second-order valence-electron chi connectivity index (χ2n) is 5.01. The number of rotatable bonds is 6. The first-order valence-corrected chi connectivity index (χ1v) is 8.64. The van der Waals surface area contributed by atoms with Gasteiger partial charge in [-0.05, 0) is 42.2 Å². The van der Waals surface area contributed by atoms with Crippen molar-refractivity contribution in [1.82, 2.24) is 0 Å². The van der Waals surface area contributed by atoms with Crippen LogP contribution in [0.3, 0.4) is 0 Å². The molecule has 0 aliphatic carbocycles. The number of hydrogen-bond acceptors (Lipinski definition) is 4. The van der Waals surface area contributed by atoms with Gasteiger partial charge in [-0.2, -0.15) is 0 Å². The van der Waals surface area contributed by atoms with E-state index in [2.05, 4.69) is 0 Å². The lowest BCUT2D eigenvalue weighted by atomic mass is 10.1. The largest absolute Gasteiger partial charge is 0.504 e. The lowest BCUT2D eigenvalue weighted by Crippen LogP contribution is -2.03. The number of benzene rings is 2. The van der Waals surface area contributed by atoms with Gasteiger partial charge in [0.25, 0.3) is 0 Å². The van der Waals surface area contributed by atoms with Crippen molar-refractivity contribution in [1.29, 1.82) is 0 Å². The molecule has 0 saturated heterocycles. The zero-order valence-corrected chi connectivity index (χ0v) is 12.8. The van der Waals surface area contributed by atoms with Crippen LogP contribution in [0.25, 0.3) is 6.08 Å². The lowest BCUT2D eigenvalue weighted by molar-refractivity contribution is 0.403. The summed E-state index contributed by atoms with van der Waals surface area (Å²) in [5, 5.41) is 19.7. The average molecular weight is 318 g/mol. The second kappa shape index (κ2) is 7.13. The molecule has 2 rings (SSSR count).